The fraction of sp³-hybridized carbons (Fsp3) is 0.0556. The summed E-state index contributed by atoms with van der Waals surface area (Å²) in [5.41, 5.74) is 0.0448. The van der Waals surface area contributed by atoms with E-state index in [-0.39, 0.29) is 27.2 Å². The van der Waals surface area contributed by atoms with Crippen LogP contribution in [0.3, 0.4) is 0 Å². The molecule has 0 bridgehead atoms. The number of rotatable bonds is 6. The highest BCUT2D eigenvalue weighted by Crippen LogP contribution is 2.28. The molecule has 1 heterocycles. The Kier molecular flexibility index (Phi) is 6.05. The van der Waals surface area contributed by atoms with Crippen LogP contribution in [-0.2, 0) is 0 Å². The van der Waals surface area contributed by atoms with Gasteiger partial charge in [-0.25, -0.2) is 4.98 Å². The molecule has 2 N–H and O–H groups in total. The summed E-state index contributed by atoms with van der Waals surface area (Å²) in [4.78, 5) is 39.1. The maximum absolute atomic E-state index is 12.4. The highest BCUT2D eigenvalue weighted by molar-refractivity contribution is 7.14. The van der Waals surface area contributed by atoms with Gasteiger partial charge in [0, 0.05) is 22.0 Å². The van der Waals surface area contributed by atoms with Gasteiger partial charge in [0.15, 0.2) is 5.13 Å². The van der Waals surface area contributed by atoms with Crippen molar-refractivity contribution in [3.63, 3.8) is 0 Å². The molecule has 0 saturated heterocycles. The first-order chi connectivity index (χ1) is 13.9. The lowest BCUT2D eigenvalue weighted by Gasteiger charge is -2.05. The van der Waals surface area contributed by atoms with Crippen molar-refractivity contribution < 1.29 is 19.2 Å². The minimum Gasteiger partial charge on any atom is -0.497 e. The molecule has 11 heteroatoms. The highest BCUT2D eigenvalue weighted by atomic mass is 35.5. The molecule has 1 aromatic heterocycles. The fourth-order valence-corrected chi connectivity index (χ4v) is 3.15. The first kappa shape index (κ1) is 20.2. The molecule has 29 heavy (non-hydrogen) atoms. The van der Waals surface area contributed by atoms with Crippen molar-refractivity contribution in [3.05, 3.63) is 74.2 Å². The Bertz CT molecular complexity index is 1080. The van der Waals surface area contributed by atoms with Gasteiger partial charge in [0.25, 0.3) is 17.5 Å². The van der Waals surface area contributed by atoms with E-state index in [0.29, 0.717) is 11.3 Å². The van der Waals surface area contributed by atoms with E-state index < -0.39 is 16.7 Å². The van der Waals surface area contributed by atoms with E-state index in [2.05, 4.69) is 15.6 Å². The summed E-state index contributed by atoms with van der Waals surface area (Å²) < 4.78 is 5.04. The van der Waals surface area contributed by atoms with Crippen molar-refractivity contribution >= 4 is 51.3 Å². The van der Waals surface area contributed by atoms with Crippen LogP contribution in [0, 0.1) is 10.1 Å². The van der Waals surface area contributed by atoms with E-state index in [1.54, 1.807) is 24.3 Å². The van der Waals surface area contributed by atoms with Crippen molar-refractivity contribution in [2.24, 2.45) is 0 Å². The quantitative estimate of drug-likeness (QED) is 0.444. The van der Waals surface area contributed by atoms with Crippen LogP contribution >= 0.6 is 22.9 Å². The molecule has 0 spiro atoms. The largest absolute Gasteiger partial charge is 0.497 e. The predicted octanol–water partition coefficient (Wildman–Crippen LogP) is 4.22. The van der Waals surface area contributed by atoms with Crippen LogP contribution in [0.5, 0.6) is 5.75 Å². The van der Waals surface area contributed by atoms with Crippen molar-refractivity contribution in [3.8, 4) is 5.75 Å². The maximum Gasteiger partial charge on any atom is 0.294 e. The van der Waals surface area contributed by atoms with E-state index in [4.69, 9.17) is 16.3 Å². The molecular formula is C18H13ClN4O5S. The van der Waals surface area contributed by atoms with Crippen molar-refractivity contribution in [1.82, 2.24) is 4.98 Å². The smallest absolute Gasteiger partial charge is 0.294 e. The number of carbonyl (C=O) groups is 2. The zero-order valence-electron chi connectivity index (χ0n) is 14.8. The third-order valence-corrected chi connectivity index (χ3v) is 4.71. The normalized spacial score (nSPS) is 10.3. The number of thiazole rings is 1. The first-order valence-electron chi connectivity index (χ1n) is 8.03. The van der Waals surface area contributed by atoms with Gasteiger partial charge in [-0.3, -0.25) is 25.0 Å². The van der Waals surface area contributed by atoms with E-state index in [1.165, 1.54) is 24.6 Å². The molecule has 2 aromatic carbocycles. The van der Waals surface area contributed by atoms with Crippen molar-refractivity contribution in [2.75, 3.05) is 17.7 Å². The number of aromatic nitrogens is 1. The number of carbonyl (C=O) groups excluding carboxylic acids is 2. The van der Waals surface area contributed by atoms with Gasteiger partial charge in [-0.15, -0.1) is 11.3 Å². The lowest BCUT2D eigenvalue weighted by Crippen LogP contribution is -2.15. The summed E-state index contributed by atoms with van der Waals surface area (Å²) in [6.07, 6.45) is 0. The number of nitro groups is 1. The molecule has 0 unspecified atom stereocenters. The third-order valence-electron chi connectivity index (χ3n) is 3.71. The number of hydrogen-bond donors (Lipinski definition) is 2. The van der Waals surface area contributed by atoms with E-state index in [9.17, 15) is 19.7 Å². The number of amides is 2. The second kappa shape index (κ2) is 8.67. The summed E-state index contributed by atoms with van der Waals surface area (Å²) in [5, 5.41) is 18.0. The molecule has 0 aliphatic rings. The Hall–Kier alpha value is -3.50. The van der Waals surface area contributed by atoms with Crippen molar-refractivity contribution in [2.45, 2.75) is 0 Å². The van der Waals surface area contributed by atoms with Gasteiger partial charge >= 0.3 is 0 Å². The Morgan fingerprint density at radius 2 is 1.86 bits per heavy atom. The molecule has 0 saturated carbocycles. The minimum absolute atomic E-state index is 0.00396. The maximum atomic E-state index is 12.4. The standard InChI is InChI=1S/C18H13ClN4O5S/c1-28-12-5-2-10(3-6-12)16(24)22-18-21-14(9-29-18)17(25)20-13-7-4-11(19)8-15(13)23(26)27/h2-9H,1H3,(H,20,25)(H,21,22,24). The molecule has 0 aliphatic heterocycles. The summed E-state index contributed by atoms with van der Waals surface area (Å²) in [6.45, 7) is 0. The summed E-state index contributed by atoms with van der Waals surface area (Å²) in [7, 11) is 1.52. The van der Waals surface area contributed by atoms with E-state index >= 15 is 0 Å². The van der Waals surface area contributed by atoms with Crippen LogP contribution < -0.4 is 15.4 Å². The molecule has 148 valence electrons. The van der Waals surface area contributed by atoms with Gasteiger partial charge in [-0.1, -0.05) is 11.6 Å². The van der Waals surface area contributed by atoms with Gasteiger partial charge in [0.05, 0.1) is 12.0 Å². The Balaban J connectivity index is 1.70. The Morgan fingerprint density at radius 3 is 2.52 bits per heavy atom. The number of nitrogens with one attached hydrogen (secondary N) is 2. The molecule has 0 radical (unpaired) electrons. The summed E-state index contributed by atoms with van der Waals surface area (Å²) >= 11 is 6.81. The van der Waals surface area contributed by atoms with Gasteiger partial charge in [0.2, 0.25) is 0 Å². The fourth-order valence-electron chi connectivity index (χ4n) is 2.30. The highest BCUT2D eigenvalue weighted by Gasteiger charge is 2.19. The number of anilines is 2. The second-order valence-electron chi connectivity index (χ2n) is 5.59. The molecule has 0 atom stereocenters. The number of ether oxygens (including phenoxy) is 1. The molecule has 9 nitrogen and oxygen atoms in total. The third kappa shape index (κ3) is 4.86. The SMILES string of the molecule is COc1ccc(C(=O)Nc2nc(C(=O)Nc3ccc(Cl)cc3[N+](=O)[O-])cs2)cc1. The van der Waals surface area contributed by atoms with E-state index in [0.717, 1.165) is 17.4 Å². The predicted molar refractivity (Wildman–Crippen MR) is 109 cm³/mol. The zero-order valence-corrected chi connectivity index (χ0v) is 16.4. The topological polar surface area (TPSA) is 123 Å². The number of halogens is 1. The van der Waals surface area contributed by atoms with Gasteiger partial charge in [-0.2, -0.15) is 0 Å². The second-order valence-corrected chi connectivity index (χ2v) is 6.89. The van der Waals surface area contributed by atoms with Crippen LogP contribution in [0.25, 0.3) is 0 Å². The van der Waals surface area contributed by atoms with Crippen LogP contribution in [0.1, 0.15) is 20.8 Å². The molecule has 3 aromatic rings. The molecule has 2 amide bonds. The number of benzene rings is 2. The summed E-state index contributed by atoms with van der Waals surface area (Å²) in [6, 6.07) is 10.4. The first-order valence-corrected chi connectivity index (χ1v) is 9.29. The molecule has 0 fully saturated rings. The number of hydrogen-bond acceptors (Lipinski definition) is 7. The van der Waals surface area contributed by atoms with Gasteiger partial charge in [-0.05, 0) is 36.4 Å². The van der Waals surface area contributed by atoms with E-state index in [1.807, 2.05) is 0 Å². The lowest BCUT2D eigenvalue weighted by molar-refractivity contribution is -0.383. The monoisotopic (exact) mass is 432 g/mol. The zero-order chi connectivity index (χ0) is 21.0. The van der Waals surface area contributed by atoms with Crippen molar-refractivity contribution in [1.29, 1.82) is 0 Å². The van der Waals surface area contributed by atoms with Crippen LogP contribution in [0.15, 0.2) is 47.8 Å². The average molecular weight is 433 g/mol. The Morgan fingerprint density at radius 1 is 1.14 bits per heavy atom. The number of nitrogens with zero attached hydrogens (tertiary/aromatic N) is 2. The molecule has 0 aliphatic carbocycles. The van der Waals surface area contributed by atoms with Gasteiger partial charge in [0.1, 0.15) is 17.1 Å². The summed E-state index contributed by atoms with van der Waals surface area (Å²) in [5.74, 6) is -0.440. The average Bonchev–Trinajstić information content (AvgIpc) is 3.17. The van der Waals surface area contributed by atoms with Crippen LogP contribution in [-0.4, -0.2) is 28.8 Å². The Labute approximate surface area is 173 Å². The lowest BCUT2D eigenvalue weighted by atomic mass is 10.2. The number of methoxy groups -OCH3 is 1. The number of nitro benzene ring substituents is 1. The van der Waals surface area contributed by atoms with Crippen LogP contribution in [0.4, 0.5) is 16.5 Å². The molecule has 3 rings (SSSR count). The minimum atomic E-state index is -0.656. The van der Waals surface area contributed by atoms with Gasteiger partial charge < -0.3 is 10.1 Å². The molecular weight excluding hydrogens is 420 g/mol. The van der Waals surface area contributed by atoms with Crippen LogP contribution in [0.2, 0.25) is 5.02 Å².